The molecular formula is C13H10IN3. The summed E-state index contributed by atoms with van der Waals surface area (Å²) in [4.78, 5) is 12.2. The van der Waals surface area contributed by atoms with E-state index in [4.69, 9.17) is 0 Å². The predicted octanol–water partition coefficient (Wildman–Crippen LogP) is 3.54. The molecule has 3 rings (SSSR count). The van der Waals surface area contributed by atoms with Gasteiger partial charge in [-0.3, -0.25) is 0 Å². The third kappa shape index (κ3) is 2.04. The molecule has 17 heavy (non-hydrogen) atoms. The Kier molecular flexibility index (Phi) is 2.58. The predicted molar refractivity (Wildman–Crippen MR) is 76.8 cm³/mol. The highest BCUT2D eigenvalue weighted by atomic mass is 127. The molecule has 1 N–H and O–H groups in total. The van der Waals surface area contributed by atoms with Crippen molar-refractivity contribution >= 4 is 33.8 Å². The minimum atomic E-state index is 0.776. The van der Waals surface area contributed by atoms with E-state index in [0.717, 1.165) is 28.2 Å². The van der Waals surface area contributed by atoms with E-state index in [1.165, 1.54) is 3.57 Å². The molecular weight excluding hydrogens is 325 g/mol. The summed E-state index contributed by atoms with van der Waals surface area (Å²) in [6.07, 6.45) is 0. The first-order valence-electron chi connectivity index (χ1n) is 5.32. The number of hydrogen-bond acceptors (Lipinski definition) is 2. The normalized spacial score (nSPS) is 10.9. The fourth-order valence-electron chi connectivity index (χ4n) is 1.73. The lowest BCUT2D eigenvalue weighted by Gasteiger charge is -1.95. The average molecular weight is 335 g/mol. The summed E-state index contributed by atoms with van der Waals surface area (Å²) in [6, 6.07) is 12.3. The van der Waals surface area contributed by atoms with Gasteiger partial charge >= 0.3 is 0 Å². The van der Waals surface area contributed by atoms with Gasteiger partial charge in [0.05, 0.1) is 5.52 Å². The Bertz CT molecular complexity index is 671. The van der Waals surface area contributed by atoms with Crippen molar-refractivity contribution in [3.05, 3.63) is 45.7 Å². The van der Waals surface area contributed by atoms with E-state index >= 15 is 0 Å². The zero-order chi connectivity index (χ0) is 11.8. The van der Waals surface area contributed by atoms with Crippen molar-refractivity contribution in [3.8, 4) is 11.4 Å². The topological polar surface area (TPSA) is 41.6 Å². The summed E-state index contributed by atoms with van der Waals surface area (Å²) in [5.74, 6) is 0.870. The van der Waals surface area contributed by atoms with E-state index in [2.05, 4.69) is 61.8 Å². The number of rotatable bonds is 1. The number of pyridine rings is 1. The van der Waals surface area contributed by atoms with E-state index in [-0.39, 0.29) is 0 Å². The molecule has 0 saturated heterocycles. The van der Waals surface area contributed by atoms with E-state index in [1.807, 2.05) is 19.1 Å². The quantitative estimate of drug-likeness (QED) is 0.691. The smallest absolute Gasteiger partial charge is 0.178 e. The van der Waals surface area contributed by atoms with Gasteiger partial charge < -0.3 is 4.98 Å². The maximum absolute atomic E-state index is 4.50. The first-order chi connectivity index (χ1) is 8.22. The first kappa shape index (κ1) is 10.7. The molecule has 0 amide bonds. The highest BCUT2D eigenvalue weighted by Gasteiger charge is 2.05. The number of H-pyrrole nitrogens is 1. The van der Waals surface area contributed by atoms with E-state index in [1.54, 1.807) is 0 Å². The van der Waals surface area contributed by atoms with Crippen molar-refractivity contribution in [2.24, 2.45) is 0 Å². The summed E-state index contributed by atoms with van der Waals surface area (Å²) < 4.78 is 1.22. The van der Waals surface area contributed by atoms with Crippen molar-refractivity contribution in [3.63, 3.8) is 0 Å². The van der Waals surface area contributed by atoms with Crippen LogP contribution in [0.15, 0.2) is 36.4 Å². The van der Waals surface area contributed by atoms with Gasteiger partial charge in [0, 0.05) is 14.8 Å². The SMILES string of the molecule is Cc1ccc2[nH]c(-c3ccc(I)cc3)nc2n1. The number of fused-ring (bicyclic) bond motifs is 1. The van der Waals surface area contributed by atoms with Gasteiger partial charge in [-0.1, -0.05) is 12.1 Å². The summed E-state index contributed by atoms with van der Waals surface area (Å²) in [5, 5.41) is 0. The molecule has 2 heterocycles. The Labute approximate surface area is 112 Å². The molecule has 0 spiro atoms. The number of halogens is 1. The van der Waals surface area contributed by atoms with Gasteiger partial charge in [-0.25, -0.2) is 9.97 Å². The lowest BCUT2D eigenvalue weighted by atomic mass is 10.2. The fraction of sp³-hybridized carbons (Fsp3) is 0.0769. The zero-order valence-corrected chi connectivity index (χ0v) is 11.4. The molecule has 0 saturated carbocycles. The Morgan fingerprint density at radius 2 is 1.76 bits per heavy atom. The van der Waals surface area contributed by atoms with Crippen molar-refractivity contribution in [2.75, 3.05) is 0 Å². The molecule has 0 unspecified atom stereocenters. The third-order valence-electron chi connectivity index (χ3n) is 2.60. The summed E-state index contributed by atoms with van der Waals surface area (Å²) in [7, 11) is 0. The fourth-order valence-corrected chi connectivity index (χ4v) is 2.09. The molecule has 2 aromatic heterocycles. The molecule has 84 valence electrons. The number of nitrogens with one attached hydrogen (secondary N) is 1. The number of nitrogens with zero attached hydrogens (tertiary/aromatic N) is 2. The monoisotopic (exact) mass is 335 g/mol. The summed E-state index contributed by atoms with van der Waals surface area (Å²) >= 11 is 2.29. The second-order valence-electron chi connectivity index (χ2n) is 3.92. The summed E-state index contributed by atoms with van der Waals surface area (Å²) in [6.45, 7) is 1.97. The largest absolute Gasteiger partial charge is 0.337 e. The average Bonchev–Trinajstić information content (AvgIpc) is 2.72. The van der Waals surface area contributed by atoms with Gasteiger partial charge in [-0.15, -0.1) is 0 Å². The van der Waals surface area contributed by atoms with Crippen LogP contribution in [-0.4, -0.2) is 15.0 Å². The number of aryl methyl sites for hydroxylation is 1. The molecule has 0 aliphatic rings. The number of imidazole rings is 1. The summed E-state index contributed by atoms with van der Waals surface area (Å²) in [5.41, 5.74) is 3.82. The van der Waals surface area contributed by atoms with Crippen LogP contribution in [0.4, 0.5) is 0 Å². The minimum absolute atomic E-state index is 0.776. The first-order valence-corrected chi connectivity index (χ1v) is 6.39. The van der Waals surface area contributed by atoms with Crippen LogP contribution in [0, 0.1) is 10.5 Å². The van der Waals surface area contributed by atoms with Crippen LogP contribution >= 0.6 is 22.6 Å². The second-order valence-corrected chi connectivity index (χ2v) is 5.16. The van der Waals surface area contributed by atoms with Gasteiger partial charge in [0.15, 0.2) is 5.65 Å². The van der Waals surface area contributed by atoms with E-state index < -0.39 is 0 Å². The number of benzene rings is 1. The van der Waals surface area contributed by atoms with Crippen LogP contribution in [0.2, 0.25) is 0 Å². The zero-order valence-electron chi connectivity index (χ0n) is 9.24. The molecule has 1 aromatic carbocycles. The molecule has 0 aliphatic carbocycles. The van der Waals surface area contributed by atoms with Gasteiger partial charge in [0.25, 0.3) is 0 Å². The van der Waals surface area contributed by atoms with Crippen LogP contribution in [0.5, 0.6) is 0 Å². The minimum Gasteiger partial charge on any atom is -0.337 e. The highest BCUT2D eigenvalue weighted by molar-refractivity contribution is 14.1. The van der Waals surface area contributed by atoms with Gasteiger partial charge in [0.2, 0.25) is 0 Å². The van der Waals surface area contributed by atoms with Crippen molar-refractivity contribution in [1.82, 2.24) is 15.0 Å². The van der Waals surface area contributed by atoms with E-state index in [9.17, 15) is 0 Å². The number of hydrogen-bond donors (Lipinski definition) is 1. The maximum Gasteiger partial charge on any atom is 0.178 e. The molecule has 0 bridgehead atoms. The molecule has 0 fully saturated rings. The molecule has 3 aromatic rings. The molecule has 0 radical (unpaired) electrons. The third-order valence-corrected chi connectivity index (χ3v) is 3.32. The molecule has 4 heteroatoms. The van der Waals surface area contributed by atoms with Crippen LogP contribution in [0.3, 0.4) is 0 Å². The highest BCUT2D eigenvalue weighted by Crippen LogP contribution is 2.20. The Morgan fingerprint density at radius 1 is 1.00 bits per heavy atom. The van der Waals surface area contributed by atoms with Crippen molar-refractivity contribution in [1.29, 1.82) is 0 Å². The van der Waals surface area contributed by atoms with E-state index in [0.29, 0.717) is 0 Å². The Balaban J connectivity index is 2.14. The Morgan fingerprint density at radius 3 is 2.53 bits per heavy atom. The van der Waals surface area contributed by atoms with Gasteiger partial charge in [-0.2, -0.15) is 0 Å². The van der Waals surface area contributed by atoms with Gasteiger partial charge in [-0.05, 0) is 53.8 Å². The molecule has 0 aliphatic heterocycles. The lowest BCUT2D eigenvalue weighted by Crippen LogP contribution is -1.81. The van der Waals surface area contributed by atoms with Crippen molar-refractivity contribution < 1.29 is 0 Å². The van der Waals surface area contributed by atoms with Crippen LogP contribution in [0.1, 0.15) is 5.69 Å². The number of aromatic amines is 1. The number of aromatic nitrogens is 3. The maximum atomic E-state index is 4.50. The Hall–Kier alpha value is -1.43. The van der Waals surface area contributed by atoms with Crippen molar-refractivity contribution in [2.45, 2.75) is 6.92 Å². The molecule has 0 atom stereocenters. The van der Waals surface area contributed by atoms with Crippen LogP contribution in [-0.2, 0) is 0 Å². The standard InChI is InChI=1S/C13H10IN3/c1-8-2-7-11-13(15-8)17-12(16-11)9-3-5-10(14)6-4-9/h2-7H,1H3,(H,15,16,17). The van der Waals surface area contributed by atoms with Crippen LogP contribution in [0.25, 0.3) is 22.6 Å². The second kappa shape index (κ2) is 4.10. The van der Waals surface area contributed by atoms with Crippen LogP contribution < -0.4 is 0 Å². The van der Waals surface area contributed by atoms with Gasteiger partial charge in [0.1, 0.15) is 5.82 Å². The molecule has 3 nitrogen and oxygen atoms in total. The lowest BCUT2D eigenvalue weighted by molar-refractivity contribution is 1.22.